The minimum Gasteiger partial charge on any atom is -0.312 e. The summed E-state index contributed by atoms with van der Waals surface area (Å²) in [5, 5.41) is 13.3. The predicted molar refractivity (Wildman–Crippen MR) is 334 cm³/mol. The first-order valence-electron chi connectivity index (χ1n) is 26.5. The number of nitrogens with one attached hydrogen (secondary N) is 1. The van der Waals surface area contributed by atoms with Gasteiger partial charge in [-0.15, -0.1) is 0 Å². The highest BCUT2D eigenvalue weighted by Gasteiger charge is 2.42. The first kappa shape index (κ1) is 62.9. The van der Waals surface area contributed by atoms with Gasteiger partial charge in [0.05, 0.1) is 58.4 Å². The third-order valence-corrected chi connectivity index (χ3v) is 13.6. The Bertz CT molecular complexity index is 3800. The minimum atomic E-state index is -0.473. The molecule has 438 valence electrons. The molecule has 3 saturated heterocycles. The molecule has 3 fully saturated rings. The maximum atomic E-state index is 12.3. The molecule has 1 N–H and O–H groups in total. The number of oxime groups is 1. The molecule has 7 amide bonds. The summed E-state index contributed by atoms with van der Waals surface area (Å²) in [6.45, 7) is 27.7. The quantitative estimate of drug-likeness (QED) is 0.0533. The Morgan fingerprint density at radius 2 is 0.943 bits per heavy atom. The van der Waals surface area contributed by atoms with Crippen LogP contribution in [0.3, 0.4) is 0 Å². The lowest BCUT2D eigenvalue weighted by atomic mass is 10.1. The number of pyridine rings is 1. The third kappa shape index (κ3) is 13.7. The summed E-state index contributed by atoms with van der Waals surface area (Å²) in [5.41, 5.74) is 8.35. The molecule has 6 aliphatic rings. The SMILES string of the molecule is C=C1C(=O)N(CC)C(=S)N(CC)C1=O.C=C1C(=O)N(c2ccccc2)N(c2ccccc2)C1=O.C=C1C(=O)N(c2ccccc2)N=C1C.C=C1C(=O)NN(c2ccccc2)C1=O.C=C1C(=O)ON=C1c1ccccc1.C=C1C(=O)[n+]2ccccc2N1C. The van der Waals surface area contributed by atoms with Crippen LogP contribution in [0.25, 0.3) is 0 Å². The molecule has 1 aromatic heterocycles. The predicted octanol–water partition coefficient (Wildman–Crippen LogP) is 7.74. The Hall–Kier alpha value is -11.7. The maximum absolute atomic E-state index is 12.3. The molecule has 7 heterocycles. The molecule has 0 bridgehead atoms. The van der Waals surface area contributed by atoms with E-state index in [1.807, 2.05) is 128 Å². The van der Waals surface area contributed by atoms with Gasteiger partial charge in [-0.2, -0.15) is 14.7 Å². The lowest BCUT2D eigenvalue weighted by Gasteiger charge is -2.34. The monoisotopic (exact) mass is 1180 g/mol. The van der Waals surface area contributed by atoms with Crippen LogP contribution < -0.4 is 34.9 Å². The van der Waals surface area contributed by atoms with E-state index in [4.69, 9.17) is 12.2 Å². The molecule has 0 spiro atoms. The fourth-order valence-corrected chi connectivity index (χ4v) is 8.76. The van der Waals surface area contributed by atoms with Gasteiger partial charge in [0, 0.05) is 24.7 Å². The largest absolute Gasteiger partial charge is 0.384 e. The van der Waals surface area contributed by atoms with Crippen LogP contribution in [0.5, 0.6) is 0 Å². The number of allylic oxidation sites excluding steroid dienone is 1. The average Bonchev–Trinajstić information content (AvgIpc) is 3.33. The van der Waals surface area contributed by atoms with Crippen molar-refractivity contribution in [3.05, 3.63) is 255 Å². The summed E-state index contributed by atoms with van der Waals surface area (Å²) in [4.78, 5) is 113. The van der Waals surface area contributed by atoms with Gasteiger partial charge < -0.3 is 4.84 Å². The highest BCUT2D eigenvalue weighted by molar-refractivity contribution is 7.80. The Kier molecular flexibility index (Phi) is 20.3. The average molecular weight is 1190 g/mol. The van der Waals surface area contributed by atoms with Crippen molar-refractivity contribution in [1.82, 2.24) is 15.2 Å². The van der Waals surface area contributed by atoms with E-state index in [0.717, 1.165) is 17.1 Å². The molecule has 0 radical (unpaired) electrons. The standard InChI is InChI=1S/C16H12N2O2.C11H10N2O.C10H8N2O2.C10H7NO2.C9H12N2O2S.C9H9N2O/c1-12-15(19)17(13-8-4-2-5-9-13)18(16(12)20)14-10-6-3-7-11-14;1-8-9(2)12-13(11(8)14)10-6-4-3-5-7-10;1-7-9(13)11-12(10(7)14)8-5-3-2-4-6-8;1-7-9(11-13-10(7)12)8-5-3-2-4-6-8;1-4-10-7(12)6(3)8(13)11(5-2)9(10)14;1-7-9(12)11-6-4-3-5-8(11)10(7)2/h2-11H,1H2;3-7H,1H2,2H3;2-6H,1H2,(H,11,13);2-6H,1H2;3-5H2,1-2H3;3-6H,1H2,2H3/q;;;;;+1. The molecule has 0 atom stereocenters. The van der Waals surface area contributed by atoms with Crippen molar-refractivity contribution in [3.63, 3.8) is 0 Å². The summed E-state index contributed by atoms with van der Waals surface area (Å²) in [7, 11) is 1.83. The van der Waals surface area contributed by atoms with Crippen molar-refractivity contribution in [2.45, 2.75) is 20.8 Å². The fraction of sp³-hybridized carbons (Fsp3) is 0.0923. The van der Waals surface area contributed by atoms with Gasteiger partial charge in [-0.3, -0.25) is 48.8 Å². The Morgan fingerprint density at radius 1 is 0.506 bits per heavy atom. The van der Waals surface area contributed by atoms with E-state index in [0.29, 0.717) is 58.4 Å². The van der Waals surface area contributed by atoms with Crippen molar-refractivity contribution < 1.29 is 52.6 Å². The molecular weight excluding hydrogens is 1130 g/mol. The van der Waals surface area contributed by atoms with E-state index in [1.165, 1.54) is 29.8 Å². The first-order chi connectivity index (χ1) is 41.6. The lowest BCUT2D eigenvalue weighted by Crippen LogP contribution is -2.55. The number of fused-ring (bicyclic) bond motifs is 1. The van der Waals surface area contributed by atoms with Crippen LogP contribution >= 0.6 is 12.2 Å². The summed E-state index contributed by atoms with van der Waals surface area (Å²) in [6, 6.07) is 51.2. The number of hydrogen-bond donors (Lipinski definition) is 1. The number of rotatable bonds is 7. The summed E-state index contributed by atoms with van der Waals surface area (Å²) in [5.74, 6) is -2.21. The Labute approximate surface area is 506 Å². The maximum Gasteiger partial charge on any atom is 0.384 e. The van der Waals surface area contributed by atoms with Crippen LogP contribution in [-0.4, -0.2) is 99.7 Å². The Balaban J connectivity index is 0.000000150. The van der Waals surface area contributed by atoms with Gasteiger partial charge in [-0.25, -0.2) is 29.5 Å². The van der Waals surface area contributed by atoms with Gasteiger partial charge in [0.1, 0.15) is 16.9 Å². The molecule has 0 unspecified atom stereocenters. The Morgan fingerprint density at radius 3 is 1.34 bits per heavy atom. The number of para-hydroxylation sites is 4. The number of aromatic nitrogens is 1. The number of thiocarbonyl (C=S) groups is 1. The van der Waals surface area contributed by atoms with E-state index in [-0.39, 0.29) is 45.5 Å². The molecule has 6 aliphatic heterocycles. The summed E-state index contributed by atoms with van der Waals surface area (Å²) >= 11 is 5.02. The number of likely N-dealkylation sites (N-methyl/N-ethyl adjacent to an activating group) is 3. The second-order valence-corrected chi connectivity index (χ2v) is 19.0. The van der Waals surface area contributed by atoms with Gasteiger partial charge in [-0.1, -0.05) is 147 Å². The van der Waals surface area contributed by atoms with Gasteiger partial charge in [0.25, 0.3) is 47.2 Å². The second-order valence-electron chi connectivity index (χ2n) is 18.7. The lowest BCUT2D eigenvalue weighted by molar-refractivity contribution is -0.551. The number of hydrazine groups is 2. The van der Waals surface area contributed by atoms with Gasteiger partial charge in [0.15, 0.2) is 5.11 Å². The molecule has 0 saturated carbocycles. The molecular formula is C65H58N11O10S+. The molecule has 22 heteroatoms. The number of carbonyl (C=O) groups is 9. The van der Waals surface area contributed by atoms with Crippen molar-refractivity contribution in [2.75, 3.05) is 45.1 Å². The van der Waals surface area contributed by atoms with Gasteiger partial charge >= 0.3 is 11.9 Å². The number of nitrogens with zero attached hydrogens (tertiary/aromatic N) is 10. The van der Waals surface area contributed by atoms with E-state index < -0.39 is 29.6 Å². The smallest absolute Gasteiger partial charge is 0.312 e. The van der Waals surface area contributed by atoms with E-state index in [1.54, 1.807) is 85.0 Å². The number of amides is 7. The second kappa shape index (κ2) is 28.1. The van der Waals surface area contributed by atoms with Crippen LogP contribution in [0.2, 0.25) is 0 Å². The van der Waals surface area contributed by atoms with Crippen molar-refractivity contribution >= 4 is 111 Å². The van der Waals surface area contributed by atoms with Gasteiger partial charge in [-0.05, 0) is 94.2 Å². The number of benzene rings is 5. The van der Waals surface area contributed by atoms with Crippen LogP contribution in [-0.2, 0) is 43.2 Å². The first-order valence-corrected chi connectivity index (χ1v) is 27.0. The molecule has 5 aromatic carbocycles. The topological polar surface area (TPSA) is 226 Å². The number of hydrazone groups is 1. The highest BCUT2D eigenvalue weighted by atomic mass is 32.1. The normalized spacial score (nSPS) is 16.0. The zero-order valence-electron chi connectivity index (χ0n) is 47.9. The van der Waals surface area contributed by atoms with Crippen molar-refractivity contribution in [1.29, 1.82) is 0 Å². The molecule has 21 nitrogen and oxygen atoms in total. The number of anilines is 5. The summed E-state index contributed by atoms with van der Waals surface area (Å²) in [6.07, 6.45) is 1.74. The number of carbonyl (C=O) groups excluding carboxylic acids is 9. The third-order valence-electron chi connectivity index (χ3n) is 13.2. The molecule has 6 aromatic rings. The van der Waals surface area contributed by atoms with Crippen LogP contribution in [0.4, 0.5) is 28.6 Å². The van der Waals surface area contributed by atoms with Crippen LogP contribution in [0.1, 0.15) is 31.1 Å². The molecule has 12 rings (SSSR count). The van der Waals surface area contributed by atoms with E-state index >= 15 is 0 Å². The fourth-order valence-electron chi connectivity index (χ4n) is 8.34. The number of hydrogen-bond acceptors (Lipinski definition) is 14. The minimum absolute atomic E-state index is 0.0118. The molecule has 87 heavy (non-hydrogen) atoms. The van der Waals surface area contributed by atoms with Crippen LogP contribution in [0.15, 0.2) is 259 Å². The van der Waals surface area contributed by atoms with E-state index in [2.05, 4.69) is 60.0 Å². The van der Waals surface area contributed by atoms with Crippen molar-refractivity contribution in [2.24, 2.45) is 10.3 Å². The van der Waals surface area contributed by atoms with Gasteiger partial charge in [0.2, 0.25) is 5.70 Å². The van der Waals surface area contributed by atoms with E-state index in [9.17, 15) is 43.2 Å². The van der Waals surface area contributed by atoms with Crippen molar-refractivity contribution in [3.8, 4) is 0 Å². The van der Waals surface area contributed by atoms with Crippen LogP contribution in [0, 0.1) is 0 Å². The summed E-state index contributed by atoms with van der Waals surface area (Å²) < 4.78 is 1.59. The zero-order chi connectivity index (χ0) is 63.2. The molecule has 0 aliphatic carbocycles. The highest BCUT2D eigenvalue weighted by Crippen LogP contribution is 2.31. The zero-order valence-corrected chi connectivity index (χ0v) is 48.7.